The Morgan fingerprint density at radius 2 is 2.22 bits per heavy atom. The zero-order valence-electron chi connectivity index (χ0n) is 12.2. The van der Waals surface area contributed by atoms with E-state index in [-0.39, 0.29) is 5.91 Å². The van der Waals surface area contributed by atoms with Crippen molar-refractivity contribution >= 4 is 28.8 Å². The van der Waals surface area contributed by atoms with Crippen molar-refractivity contribution in [2.75, 3.05) is 6.54 Å². The second-order valence-corrected chi connectivity index (χ2v) is 6.35. The van der Waals surface area contributed by atoms with E-state index >= 15 is 0 Å². The summed E-state index contributed by atoms with van der Waals surface area (Å²) in [5.74, 6) is 0.964. The number of nitrogens with one attached hydrogen (secondary N) is 1. The summed E-state index contributed by atoms with van der Waals surface area (Å²) in [6, 6.07) is 11.1. The molecule has 1 amide bonds. The van der Waals surface area contributed by atoms with Crippen LogP contribution in [0.15, 0.2) is 46.3 Å². The second kappa shape index (κ2) is 7.39. The number of amides is 1. The SMILES string of the molecule is O=C(Cc1cccs1)NCCc1nc(-c2cccc(Cl)c2)no1. The van der Waals surface area contributed by atoms with Gasteiger partial charge in [0.05, 0.1) is 6.42 Å². The number of carbonyl (C=O) groups excluding carboxylic acids is 1. The Hall–Kier alpha value is -2.18. The molecule has 3 rings (SSSR count). The van der Waals surface area contributed by atoms with Gasteiger partial charge in [-0.25, -0.2) is 0 Å². The fourth-order valence-corrected chi connectivity index (χ4v) is 2.94. The summed E-state index contributed by atoms with van der Waals surface area (Å²) in [7, 11) is 0. The number of thiophene rings is 1. The maximum atomic E-state index is 11.8. The summed E-state index contributed by atoms with van der Waals surface area (Å²) < 4.78 is 5.19. The van der Waals surface area contributed by atoms with E-state index in [1.165, 1.54) is 0 Å². The molecule has 0 atom stereocenters. The van der Waals surface area contributed by atoms with E-state index in [0.29, 0.717) is 36.1 Å². The Labute approximate surface area is 142 Å². The number of hydrogen-bond donors (Lipinski definition) is 1. The van der Waals surface area contributed by atoms with Gasteiger partial charge in [-0.2, -0.15) is 4.98 Å². The van der Waals surface area contributed by atoms with Gasteiger partial charge in [0.15, 0.2) is 0 Å². The van der Waals surface area contributed by atoms with Gasteiger partial charge in [-0.1, -0.05) is 35.0 Å². The first-order chi connectivity index (χ1) is 11.2. The third kappa shape index (κ3) is 4.40. The van der Waals surface area contributed by atoms with Crippen LogP contribution >= 0.6 is 22.9 Å². The van der Waals surface area contributed by atoms with Crippen molar-refractivity contribution in [2.24, 2.45) is 0 Å². The van der Waals surface area contributed by atoms with E-state index in [9.17, 15) is 4.79 Å². The quantitative estimate of drug-likeness (QED) is 0.742. The maximum Gasteiger partial charge on any atom is 0.228 e. The molecule has 0 aliphatic rings. The van der Waals surface area contributed by atoms with Crippen LogP contribution in [0.4, 0.5) is 0 Å². The fraction of sp³-hybridized carbons (Fsp3) is 0.188. The van der Waals surface area contributed by atoms with Gasteiger partial charge in [0.1, 0.15) is 0 Å². The van der Waals surface area contributed by atoms with Crippen LogP contribution < -0.4 is 5.32 Å². The zero-order valence-corrected chi connectivity index (χ0v) is 13.7. The monoisotopic (exact) mass is 347 g/mol. The standard InChI is InChI=1S/C16H14ClN3O2S/c17-12-4-1-3-11(9-12)16-19-15(22-20-16)6-7-18-14(21)10-13-5-2-8-23-13/h1-5,8-9H,6-7,10H2,(H,18,21). The highest BCUT2D eigenvalue weighted by molar-refractivity contribution is 7.10. The molecule has 0 spiro atoms. The predicted molar refractivity (Wildman–Crippen MR) is 89.5 cm³/mol. The average molecular weight is 348 g/mol. The minimum atomic E-state index is -0.0120. The number of carbonyl (C=O) groups is 1. The lowest BCUT2D eigenvalue weighted by Crippen LogP contribution is -2.27. The van der Waals surface area contributed by atoms with Crippen molar-refractivity contribution in [1.82, 2.24) is 15.5 Å². The predicted octanol–water partition coefficient (Wildman–Crippen LogP) is 3.35. The lowest BCUT2D eigenvalue weighted by Gasteiger charge is -2.01. The first kappa shape index (κ1) is 15.7. The summed E-state index contributed by atoms with van der Waals surface area (Å²) in [6.07, 6.45) is 0.888. The van der Waals surface area contributed by atoms with E-state index in [0.717, 1.165) is 10.4 Å². The third-order valence-corrected chi connectivity index (χ3v) is 4.24. The number of hydrogen-bond acceptors (Lipinski definition) is 5. The van der Waals surface area contributed by atoms with Crippen molar-refractivity contribution in [2.45, 2.75) is 12.8 Å². The van der Waals surface area contributed by atoms with E-state index in [1.54, 1.807) is 23.5 Å². The molecule has 7 heteroatoms. The third-order valence-electron chi connectivity index (χ3n) is 3.13. The van der Waals surface area contributed by atoms with Crippen molar-refractivity contribution in [3.63, 3.8) is 0 Å². The molecular formula is C16H14ClN3O2S. The first-order valence-corrected chi connectivity index (χ1v) is 8.34. The molecule has 2 heterocycles. The minimum Gasteiger partial charge on any atom is -0.355 e. The van der Waals surface area contributed by atoms with E-state index < -0.39 is 0 Å². The highest BCUT2D eigenvalue weighted by Crippen LogP contribution is 2.19. The number of benzene rings is 1. The van der Waals surface area contributed by atoms with Crippen molar-refractivity contribution in [3.8, 4) is 11.4 Å². The smallest absolute Gasteiger partial charge is 0.228 e. The molecule has 1 aromatic carbocycles. The Bertz CT molecular complexity index is 786. The average Bonchev–Trinajstić information content (AvgIpc) is 3.19. The maximum absolute atomic E-state index is 11.8. The molecule has 5 nitrogen and oxygen atoms in total. The number of aromatic nitrogens is 2. The molecule has 118 valence electrons. The summed E-state index contributed by atoms with van der Waals surface area (Å²) in [6.45, 7) is 0.460. The first-order valence-electron chi connectivity index (χ1n) is 7.08. The Morgan fingerprint density at radius 1 is 1.30 bits per heavy atom. The molecule has 1 N–H and O–H groups in total. The Morgan fingerprint density at radius 3 is 3.00 bits per heavy atom. The van der Waals surface area contributed by atoms with Gasteiger partial charge in [-0.3, -0.25) is 4.79 Å². The topological polar surface area (TPSA) is 68.0 Å². The van der Waals surface area contributed by atoms with Crippen LogP contribution in [0, 0.1) is 0 Å². The fourth-order valence-electron chi connectivity index (χ4n) is 2.04. The molecule has 23 heavy (non-hydrogen) atoms. The lowest BCUT2D eigenvalue weighted by atomic mass is 10.2. The molecule has 0 aliphatic heterocycles. The number of halogens is 1. The van der Waals surface area contributed by atoms with Crippen molar-refractivity contribution < 1.29 is 9.32 Å². The van der Waals surface area contributed by atoms with Crippen LogP contribution in [-0.4, -0.2) is 22.6 Å². The summed E-state index contributed by atoms with van der Waals surface area (Å²) in [5.41, 5.74) is 0.800. The molecule has 0 fully saturated rings. The zero-order chi connectivity index (χ0) is 16.1. The van der Waals surface area contributed by atoms with Gasteiger partial charge < -0.3 is 9.84 Å². The normalized spacial score (nSPS) is 10.7. The van der Waals surface area contributed by atoms with Gasteiger partial charge in [0.25, 0.3) is 0 Å². The molecule has 0 bridgehead atoms. The number of nitrogens with zero attached hydrogens (tertiary/aromatic N) is 2. The lowest BCUT2D eigenvalue weighted by molar-refractivity contribution is -0.120. The van der Waals surface area contributed by atoms with Crippen LogP contribution in [0.1, 0.15) is 10.8 Å². The molecule has 0 saturated carbocycles. The second-order valence-electron chi connectivity index (χ2n) is 4.88. The van der Waals surface area contributed by atoms with Crippen LogP contribution in [0.25, 0.3) is 11.4 Å². The van der Waals surface area contributed by atoms with E-state index in [1.807, 2.05) is 29.6 Å². The van der Waals surface area contributed by atoms with Gasteiger partial charge in [-0.15, -0.1) is 11.3 Å². The highest BCUT2D eigenvalue weighted by Gasteiger charge is 2.10. The van der Waals surface area contributed by atoms with Gasteiger partial charge in [0, 0.05) is 28.4 Å². The molecule has 3 aromatic rings. The van der Waals surface area contributed by atoms with E-state index in [4.69, 9.17) is 16.1 Å². The largest absolute Gasteiger partial charge is 0.355 e. The van der Waals surface area contributed by atoms with Gasteiger partial charge in [-0.05, 0) is 23.6 Å². The van der Waals surface area contributed by atoms with Gasteiger partial charge in [0.2, 0.25) is 17.6 Å². The van der Waals surface area contributed by atoms with E-state index in [2.05, 4.69) is 15.5 Å². The summed E-state index contributed by atoms with van der Waals surface area (Å²) in [4.78, 5) is 17.1. The van der Waals surface area contributed by atoms with Crippen molar-refractivity contribution in [3.05, 3.63) is 57.6 Å². The molecule has 0 unspecified atom stereocenters. The summed E-state index contributed by atoms with van der Waals surface area (Å²) in [5, 5.41) is 9.35. The molecular weight excluding hydrogens is 334 g/mol. The molecule has 0 radical (unpaired) electrons. The van der Waals surface area contributed by atoms with Crippen molar-refractivity contribution in [1.29, 1.82) is 0 Å². The van der Waals surface area contributed by atoms with Crippen LogP contribution in [0.5, 0.6) is 0 Å². The Balaban J connectivity index is 1.50. The summed E-state index contributed by atoms with van der Waals surface area (Å²) >= 11 is 7.52. The van der Waals surface area contributed by atoms with Crippen LogP contribution in [0.3, 0.4) is 0 Å². The minimum absolute atomic E-state index is 0.0120. The Kier molecular flexibility index (Phi) is 5.05. The number of rotatable bonds is 6. The van der Waals surface area contributed by atoms with Crippen LogP contribution in [0.2, 0.25) is 5.02 Å². The molecule has 2 aromatic heterocycles. The van der Waals surface area contributed by atoms with Crippen LogP contribution in [-0.2, 0) is 17.6 Å². The van der Waals surface area contributed by atoms with Gasteiger partial charge >= 0.3 is 0 Å². The highest BCUT2D eigenvalue weighted by atomic mass is 35.5. The molecule has 0 aliphatic carbocycles. The molecule has 0 saturated heterocycles.